The Labute approximate surface area is 290 Å². The third-order valence-corrected chi connectivity index (χ3v) is 14.3. The number of rotatable bonds is 14. The molecular formula is C44H44N2Si2. The van der Waals surface area contributed by atoms with Crippen LogP contribution in [0.3, 0.4) is 0 Å². The molecule has 0 spiro atoms. The van der Waals surface area contributed by atoms with Crippen molar-refractivity contribution in [3.63, 3.8) is 0 Å². The van der Waals surface area contributed by atoms with Gasteiger partial charge in [0.2, 0.25) is 0 Å². The number of unbranched alkanes of at least 4 members (excludes halogenated alkanes) is 2. The summed E-state index contributed by atoms with van der Waals surface area (Å²) in [5.74, 6) is 0. The van der Waals surface area contributed by atoms with E-state index in [2.05, 4.69) is 172 Å². The second-order valence-corrected chi connectivity index (χ2v) is 17.2. The molecule has 0 fully saturated rings. The fourth-order valence-electron chi connectivity index (χ4n) is 6.30. The summed E-state index contributed by atoms with van der Waals surface area (Å²) >= 11 is 0. The fourth-order valence-corrected chi connectivity index (χ4v) is 11.7. The van der Waals surface area contributed by atoms with Crippen molar-refractivity contribution >= 4 is 60.1 Å². The van der Waals surface area contributed by atoms with Crippen LogP contribution in [0, 0.1) is 0 Å². The van der Waals surface area contributed by atoms with Crippen LogP contribution in [0.2, 0.25) is 0 Å². The highest BCUT2D eigenvalue weighted by atomic mass is 28.3. The minimum absolute atomic E-state index is 0.964. The van der Waals surface area contributed by atoms with Crippen molar-refractivity contribution in [1.29, 1.82) is 0 Å². The molecule has 0 heterocycles. The summed E-state index contributed by atoms with van der Waals surface area (Å²) in [6, 6.07) is 57.8. The summed E-state index contributed by atoms with van der Waals surface area (Å²) < 4.78 is 0. The van der Waals surface area contributed by atoms with Gasteiger partial charge in [0.1, 0.15) is 0 Å². The molecule has 6 aromatic rings. The fraction of sp³-hybridized carbons (Fsp3) is 0.182. The normalized spacial score (nSPS) is 11.5. The van der Waals surface area contributed by atoms with Crippen molar-refractivity contribution in [3.05, 3.63) is 169 Å². The molecule has 0 unspecified atom stereocenters. The molecule has 0 amide bonds. The van der Waals surface area contributed by atoms with Crippen LogP contribution in [0.1, 0.15) is 50.7 Å². The Hall–Kier alpha value is -4.65. The average Bonchev–Trinajstić information content (AvgIpc) is 3.15. The van der Waals surface area contributed by atoms with Crippen molar-refractivity contribution in [1.82, 2.24) is 0 Å². The summed E-state index contributed by atoms with van der Waals surface area (Å²) in [4.78, 5) is 0. The van der Waals surface area contributed by atoms with Gasteiger partial charge in [-0.1, -0.05) is 193 Å². The number of hydrogen-bond acceptors (Lipinski definition) is 2. The molecule has 4 heteroatoms. The first-order valence-electron chi connectivity index (χ1n) is 17.4. The lowest BCUT2D eigenvalue weighted by Crippen LogP contribution is -2.52. The van der Waals surface area contributed by atoms with Crippen LogP contribution in [0.25, 0.3) is 0 Å². The van der Waals surface area contributed by atoms with Gasteiger partial charge >= 0.3 is 0 Å². The first-order valence-corrected chi connectivity index (χ1v) is 20.4. The Morgan fingerprint density at radius 2 is 0.708 bits per heavy atom. The molecule has 0 aliphatic carbocycles. The molecule has 0 N–H and O–H groups in total. The van der Waals surface area contributed by atoms with E-state index in [0.29, 0.717) is 0 Å². The number of aryl methyl sites for hydroxylation is 2. The number of azo groups is 1. The zero-order chi connectivity index (χ0) is 33.0. The maximum absolute atomic E-state index is 5.16. The Balaban J connectivity index is 1.50. The second-order valence-electron chi connectivity index (χ2n) is 12.3. The maximum atomic E-state index is 5.16. The van der Waals surface area contributed by atoms with Crippen molar-refractivity contribution in [2.24, 2.45) is 10.2 Å². The smallest absolute Gasteiger partial charge is 0.151 e. The monoisotopic (exact) mass is 656 g/mol. The van der Waals surface area contributed by atoms with Gasteiger partial charge in [-0.3, -0.25) is 0 Å². The van der Waals surface area contributed by atoms with Crippen LogP contribution >= 0.6 is 0 Å². The van der Waals surface area contributed by atoms with E-state index >= 15 is 0 Å². The third-order valence-electron chi connectivity index (χ3n) is 8.81. The summed E-state index contributed by atoms with van der Waals surface area (Å²) in [7, 11) is -2.66. The molecule has 0 saturated heterocycles. The second kappa shape index (κ2) is 17.0. The van der Waals surface area contributed by atoms with Crippen LogP contribution < -0.4 is 31.1 Å². The molecule has 0 aliphatic heterocycles. The van der Waals surface area contributed by atoms with E-state index in [4.69, 9.17) is 10.2 Å². The van der Waals surface area contributed by atoms with Gasteiger partial charge in [0.15, 0.2) is 17.6 Å². The van der Waals surface area contributed by atoms with Crippen molar-refractivity contribution in [3.8, 4) is 0 Å². The minimum Gasteiger partial charge on any atom is -0.151 e. The highest BCUT2D eigenvalue weighted by Crippen LogP contribution is 2.21. The van der Waals surface area contributed by atoms with Gasteiger partial charge in [-0.05, 0) is 59.3 Å². The third kappa shape index (κ3) is 8.25. The van der Waals surface area contributed by atoms with E-state index in [1.807, 2.05) is 0 Å². The number of benzene rings is 6. The number of hydrogen-bond donors (Lipinski definition) is 0. The van der Waals surface area contributed by atoms with Gasteiger partial charge in [0.25, 0.3) is 0 Å². The Kier molecular flexibility index (Phi) is 11.8. The van der Waals surface area contributed by atoms with E-state index in [1.165, 1.54) is 67.9 Å². The van der Waals surface area contributed by atoms with Crippen molar-refractivity contribution < 1.29 is 0 Å². The van der Waals surface area contributed by atoms with Gasteiger partial charge in [0.05, 0.1) is 11.4 Å². The maximum Gasteiger partial charge on any atom is 0.157 e. The lowest BCUT2D eigenvalue weighted by atomic mass is 10.1. The van der Waals surface area contributed by atoms with Crippen molar-refractivity contribution in [2.45, 2.75) is 52.4 Å². The van der Waals surface area contributed by atoms with E-state index in [0.717, 1.165) is 24.2 Å². The van der Waals surface area contributed by atoms with E-state index < -0.39 is 17.6 Å². The quantitative estimate of drug-likeness (QED) is 0.0649. The SMILES string of the molecule is CCCCc1ccc(N=Nc2ccc(CCCC)cc2[Si](c2ccccc2)c2ccccc2)c([Si](c2ccccc2)c2ccccc2)c1. The highest BCUT2D eigenvalue weighted by Gasteiger charge is 2.25. The van der Waals surface area contributed by atoms with Crippen LogP contribution in [-0.2, 0) is 12.8 Å². The molecule has 238 valence electrons. The molecular weight excluding hydrogens is 613 g/mol. The molecule has 0 aliphatic rings. The first kappa shape index (κ1) is 33.3. The molecule has 0 bridgehead atoms. The zero-order valence-corrected chi connectivity index (χ0v) is 30.1. The minimum atomic E-state index is -1.33. The molecule has 0 atom stereocenters. The van der Waals surface area contributed by atoms with Gasteiger partial charge < -0.3 is 0 Å². The molecule has 2 radical (unpaired) electrons. The van der Waals surface area contributed by atoms with Crippen LogP contribution in [-0.4, -0.2) is 17.6 Å². The number of nitrogens with zero attached hydrogens (tertiary/aromatic N) is 2. The zero-order valence-electron chi connectivity index (χ0n) is 28.1. The molecule has 0 aromatic heterocycles. The molecule has 6 rings (SSSR count). The lowest BCUT2D eigenvalue weighted by Gasteiger charge is -2.20. The molecule has 48 heavy (non-hydrogen) atoms. The topological polar surface area (TPSA) is 24.7 Å². The molecule has 6 aromatic carbocycles. The van der Waals surface area contributed by atoms with Crippen LogP contribution in [0.15, 0.2) is 168 Å². The van der Waals surface area contributed by atoms with Gasteiger partial charge in [0, 0.05) is 0 Å². The largest absolute Gasteiger partial charge is 0.157 e. The summed E-state index contributed by atoms with van der Waals surface area (Å²) in [5.41, 5.74) is 4.68. The standard InChI is InChI=1S/C44H44N2Si2/c1-3-5-19-35-29-31-41(43(33-35)47(37-21-11-7-12-22-37)38-23-13-8-14-24-38)45-46-42-32-30-36(20-6-4-2)34-44(42)48(39-25-15-9-16-26-39)40-27-17-10-18-28-40/h7-18,21-34H,3-6,19-20H2,1-2H3. The van der Waals surface area contributed by atoms with Crippen molar-refractivity contribution in [2.75, 3.05) is 0 Å². The predicted octanol–water partition coefficient (Wildman–Crippen LogP) is 7.82. The Bertz CT molecular complexity index is 1670. The van der Waals surface area contributed by atoms with Gasteiger partial charge in [-0.2, -0.15) is 10.2 Å². The Morgan fingerprint density at radius 3 is 1.00 bits per heavy atom. The van der Waals surface area contributed by atoms with Crippen LogP contribution in [0.4, 0.5) is 11.4 Å². The van der Waals surface area contributed by atoms with Crippen LogP contribution in [0.5, 0.6) is 0 Å². The molecule has 0 saturated carbocycles. The average molecular weight is 657 g/mol. The van der Waals surface area contributed by atoms with E-state index in [9.17, 15) is 0 Å². The Morgan fingerprint density at radius 1 is 0.396 bits per heavy atom. The van der Waals surface area contributed by atoms with Gasteiger partial charge in [-0.15, -0.1) is 0 Å². The van der Waals surface area contributed by atoms with Gasteiger partial charge in [-0.25, -0.2) is 0 Å². The molecule has 2 nitrogen and oxygen atoms in total. The highest BCUT2D eigenvalue weighted by molar-refractivity contribution is 6.97. The summed E-state index contributed by atoms with van der Waals surface area (Å²) in [5, 5.41) is 18.3. The first-order chi connectivity index (χ1) is 23.7. The van der Waals surface area contributed by atoms with E-state index in [-0.39, 0.29) is 0 Å². The lowest BCUT2D eigenvalue weighted by molar-refractivity contribution is 0.795. The summed E-state index contributed by atoms with van der Waals surface area (Å²) in [6.45, 7) is 4.52. The predicted molar refractivity (Wildman–Crippen MR) is 209 cm³/mol. The summed E-state index contributed by atoms with van der Waals surface area (Å²) in [6.07, 6.45) is 6.85. The van der Waals surface area contributed by atoms with E-state index in [1.54, 1.807) is 0 Å².